The molecular formula is C12H16N4O2S2. The van der Waals surface area contributed by atoms with Gasteiger partial charge in [0.1, 0.15) is 5.82 Å². The Hall–Kier alpha value is -1.67. The lowest BCUT2D eigenvalue weighted by atomic mass is 10.1. The van der Waals surface area contributed by atoms with E-state index in [2.05, 4.69) is 14.1 Å². The fourth-order valence-corrected chi connectivity index (χ4v) is 4.38. The zero-order chi connectivity index (χ0) is 15.1. The number of rotatable bonds is 3. The number of benzene rings is 1. The molecule has 1 aromatic carbocycles. The third-order valence-electron chi connectivity index (χ3n) is 2.98. The first-order chi connectivity index (χ1) is 9.22. The lowest BCUT2D eigenvalue weighted by Gasteiger charge is -2.15. The normalized spacial score (nSPS) is 11.6. The Bertz CT molecular complexity index is 766. The predicted molar refractivity (Wildman–Crippen MR) is 80.5 cm³/mol. The molecule has 0 atom stereocenters. The summed E-state index contributed by atoms with van der Waals surface area (Å²) in [7, 11) is -3.72. The fourth-order valence-electron chi connectivity index (χ4n) is 2.10. The largest absolute Gasteiger partial charge is 0.398 e. The summed E-state index contributed by atoms with van der Waals surface area (Å²) in [5.41, 5.74) is 8.49. The SMILES string of the molecule is Cc1nsc(NS(=O)(=O)c2c(C)cc(C)c(N)c2C)n1. The molecule has 0 amide bonds. The van der Waals surface area contributed by atoms with Crippen LogP contribution in [0.4, 0.5) is 10.8 Å². The van der Waals surface area contributed by atoms with Crippen molar-refractivity contribution in [1.82, 2.24) is 9.36 Å². The zero-order valence-electron chi connectivity index (χ0n) is 11.7. The van der Waals surface area contributed by atoms with Crippen LogP contribution in [0.15, 0.2) is 11.0 Å². The molecule has 108 valence electrons. The minimum absolute atomic E-state index is 0.202. The van der Waals surface area contributed by atoms with E-state index in [-0.39, 0.29) is 10.0 Å². The molecule has 0 unspecified atom stereocenters. The van der Waals surface area contributed by atoms with Crippen LogP contribution in [0.25, 0.3) is 0 Å². The van der Waals surface area contributed by atoms with E-state index >= 15 is 0 Å². The van der Waals surface area contributed by atoms with Gasteiger partial charge in [0, 0.05) is 17.2 Å². The van der Waals surface area contributed by atoms with Crippen LogP contribution < -0.4 is 10.5 Å². The van der Waals surface area contributed by atoms with Crippen molar-refractivity contribution in [3.63, 3.8) is 0 Å². The van der Waals surface area contributed by atoms with E-state index in [1.165, 1.54) is 0 Å². The lowest BCUT2D eigenvalue weighted by molar-refractivity contribution is 0.600. The maximum Gasteiger partial charge on any atom is 0.264 e. The Kier molecular flexibility index (Phi) is 3.70. The van der Waals surface area contributed by atoms with Crippen molar-refractivity contribution >= 4 is 32.4 Å². The molecule has 0 saturated heterocycles. The smallest absolute Gasteiger partial charge is 0.264 e. The van der Waals surface area contributed by atoms with Crippen LogP contribution in [0.2, 0.25) is 0 Å². The number of aromatic nitrogens is 2. The third kappa shape index (κ3) is 2.61. The van der Waals surface area contributed by atoms with Gasteiger partial charge in [0.05, 0.1) is 4.90 Å². The Morgan fingerprint density at radius 2 is 1.85 bits per heavy atom. The minimum Gasteiger partial charge on any atom is -0.398 e. The van der Waals surface area contributed by atoms with Crippen molar-refractivity contribution < 1.29 is 8.42 Å². The number of nitrogen functional groups attached to an aromatic ring is 1. The molecule has 0 aliphatic carbocycles. The molecule has 0 aliphatic rings. The molecule has 8 heteroatoms. The number of nitrogens with one attached hydrogen (secondary N) is 1. The van der Waals surface area contributed by atoms with Crippen LogP contribution in [-0.2, 0) is 10.0 Å². The Morgan fingerprint density at radius 1 is 1.20 bits per heavy atom. The lowest BCUT2D eigenvalue weighted by Crippen LogP contribution is -2.17. The van der Waals surface area contributed by atoms with E-state index in [9.17, 15) is 8.42 Å². The van der Waals surface area contributed by atoms with Crippen molar-refractivity contribution in [2.75, 3.05) is 10.5 Å². The van der Waals surface area contributed by atoms with Gasteiger partial charge in [-0.2, -0.15) is 4.37 Å². The molecule has 0 radical (unpaired) electrons. The summed E-state index contributed by atoms with van der Waals surface area (Å²) in [6.07, 6.45) is 0. The van der Waals surface area contributed by atoms with E-state index in [1.54, 1.807) is 26.8 Å². The minimum atomic E-state index is -3.72. The maximum absolute atomic E-state index is 12.5. The summed E-state index contributed by atoms with van der Waals surface area (Å²) in [5.74, 6) is 0.532. The molecule has 2 rings (SSSR count). The molecule has 1 heterocycles. The monoisotopic (exact) mass is 312 g/mol. The highest BCUT2D eigenvalue weighted by Gasteiger charge is 2.23. The highest BCUT2D eigenvalue weighted by atomic mass is 32.2. The summed E-state index contributed by atoms with van der Waals surface area (Å²) in [6, 6.07) is 1.77. The van der Waals surface area contributed by atoms with Gasteiger partial charge in [0.25, 0.3) is 10.0 Å². The van der Waals surface area contributed by atoms with Gasteiger partial charge in [0.15, 0.2) is 0 Å². The first-order valence-electron chi connectivity index (χ1n) is 5.92. The van der Waals surface area contributed by atoms with Gasteiger partial charge in [-0.05, 0) is 44.4 Å². The second kappa shape index (κ2) is 5.02. The van der Waals surface area contributed by atoms with Gasteiger partial charge in [-0.1, -0.05) is 6.07 Å². The number of anilines is 2. The van der Waals surface area contributed by atoms with Crippen LogP contribution in [0.1, 0.15) is 22.5 Å². The van der Waals surface area contributed by atoms with Crippen molar-refractivity contribution in [3.8, 4) is 0 Å². The van der Waals surface area contributed by atoms with Crippen LogP contribution in [0.5, 0.6) is 0 Å². The molecule has 3 N–H and O–H groups in total. The van der Waals surface area contributed by atoms with E-state index in [4.69, 9.17) is 5.73 Å². The number of aryl methyl sites for hydroxylation is 3. The molecular weight excluding hydrogens is 296 g/mol. The average molecular weight is 312 g/mol. The molecule has 0 saturated carbocycles. The van der Waals surface area contributed by atoms with E-state index < -0.39 is 10.0 Å². The summed E-state index contributed by atoms with van der Waals surface area (Å²) in [4.78, 5) is 4.21. The quantitative estimate of drug-likeness (QED) is 0.846. The number of nitrogens with two attached hydrogens (primary N) is 1. The number of nitrogens with zero attached hydrogens (tertiary/aromatic N) is 2. The van der Waals surface area contributed by atoms with E-state index in [0.717, 1.165) is 17.1 Å². The summed E-state index contributed by atoms with van der Waals surface area (Å²) < 4.78 is 31.4. The van der Waals surface area contributed by atoms with Gasteiger partial charge >= 0.3 is 0 Å². The number of hydrogen-bond acceptors (Lipinski definition) is 6. The molecule has 6 nitrogen and oxygen atoms in total. The molecule has 20 heavy (non-hydrogen) atoms. The molecule has 0 fully saturated rings. The highest BCUT2D eigenvalue weighted by Crippen LogP contribution is 2.29. The second-order valence-corrected chi connectivity index (χ2v) is 7.00. The van der Waals surface area contributed by atoms with E-state index in [1.807, 2.05) is 6.92 Å². The summed E-state index contributed by atoms with van der Waals surface area (Å²) >= 11 is 1.01. The second-order valence-electron chi connectivity index (χ2n) is 4.63. The molecule has 1 aromatic heterocycles. The van der Waals surface area contributed by atoms with Crippen molar-refractivity contribution in [2.45, 2.75) is 32.6 Å². The number of hydrogen-bond donors (Lipinski definition) is 2. The Morgan fingerprint density at radius 3 is 2.40 bits per heavy atom. The zero-order valence-corrected chi connectivity index (χ0v) is 13.3. The topological polar surface area (TPSA) is 98.0 Å². The Balaban J connectivity index is 2.52. The third-order valence-corrected chi connectivity index (χ3v) is 5.46. The highest BCUT2D eigenvalue weighted by molar-refractivity contribution is 7.93. The van der Waals surface area contributed by atoms with Gasteiger partial charge in [-0.3, -0.25) is 4.72 Å². The van der Waals surface area contributed by atoms with Gasteiger partial charge in [-0.15, -0.1) is 0 Å². The first kappa shape index (κ1) is 14.7. The fraction of sp³-hybridized carbons (Fsp3) is 0.333. The van der Waals surface area contributed by atoms with Crippen molar-refractivity contribution in [2.24, 2.45) is 0 Å². The van der Waals surface area contributed by atoms with E-state index in [0.29, 0.717) is 22.6 Å². The van der Waals surface area contributed by atoms with Crippen LogP contribution in [-0.4, -0.2) is 17.8 Å². The molecule has 0 bridgehead atoms. The summed E-state index contributed by atoms with van der Waals surface area (Å²) in [6.45, 7) is 7.01. The van der Waals surface area contributed by atoms with Gasteiger partial charge < -0.3 is 5.73 Å². The molecule has 2 aromatic rings. The van der Waals surface area contributed by atoms with Crippen LogP contribution >= 0.6 is 11.5 Å². The summed E-state index contributed by atoms with van der Waals surface area (Å²) in [5, 5.41) is 0.250. The van der Waals surface area contributed by atoms with Gasteiger partial charge in [-0.25, -0.2) is 13.4 Å². The first-order valence-corrected chi connectivity index (χ1v) is 8.17. The van der Waals surface area contributed by atoms with Crippen LogP contribution in [0, 0.1) is 27.7 Å². The molecule has 0 aliphatic heterocycles. The predicted octanol–water partition coefficient (Wildman–Crippen LogP) is 2.15. The van der Waals surface area contributed by atoms with Crippen LogP contribution in [0.3, 0.4) is 0 Å². The number of sulfonamides is 1. The standard InChI is InChI=1S/C12H16N4O2S2/c1-6-5-7(2)11(8(3)10(6)13)20(17,18)16-12-14-9(4)15-19-12/h5H,13H2,1-4H3,(H,14,15,16). The molecule has 0 spiro atoms. The van der Waals surface area contributed by atoms with Crippen molar-refractivity contribution in [3.05, 3.63) is 28.6 Å². The van der Waals surface area contributed by atoms with Gasteiger partial charge in [0.2, 0.25) is 5.13 Å². The Labute approximate surface area is 122 Å². The van der Waals surface area contributed by atoms with Crippen molar-refractivity contribution in [1.29, 1.82) is 0 Å². The average Bonchev–Trinajstić information content (AvgIpc) is 2.70. The maximum atomic E-state index is 12.5.